The van der Waals surface area contributed by atoms with Gasteiger partial charge < -0.3 is 4.57 Å². The van der Waals surface area contributed by atoms with E-state index in [9.17, 15) is 0 Å². The Labute approximate surface area is 71.9 Å². The second kappa shape index (κ2) is 6.84. The third-order valence-corrected chi connectivity index (χ3v) is 1.04. The van der Waals surface area contributed by atoms with Crippen LogP contribution in [0.3, 0.4) is 0 Å². The summed E-state index contributed by atoms with van der Waals surface area (Å²) in [4.78, 5) is 3.90. The summed E-state index contributed by atoms with van der Waals surface area (Å²) in [5.41, 5.74) is 0. The zero-order valence-corrected chi connectivity index (χ0v) is 7.26. The predicted octanol–water partition coefficient (Wildman–Crippen LogP) is 1.71. The fourth-order valence-corrected chi connectivity index (χ4v) is 0.677. The Bertz CT molecular complexity index is 141. The van der Waals surface area contributed by atoms with E-state index in [2.05, 4.69) is 16.5 Å². The van der Waals surface area contributed by atoms with Gasteiger partial charge in [-0.1, -0.05) is 6.92 Å². The van der Waals surface area contributed by atoms with Crippen LogP contribution in [0.25, 0.3) is 0 Å². The van der Waals surface area contributed by atoms with Crippen molar-refractivity contribution >= 4 is 0 Å². The Morgan fingerprint density at radius 3 is 2.60 bits per heavy atom. The fraction of sp³-hybridized carbons (Fsp3) is 0.500. The van der Waals surface area contributed by atoms with Gasteiger partial charge in [0.05, 0.1) is 6.33 Å². The van der Waals surface area contributed by atoms with E-state index in [4.69, 9.17) is 0 Å². The van der Waals surface area contributed by atoms with E-state index in [0.29, 0.717) is 0 Å². The molecule has 0 fully saturated rings. The van der Waals surface area contributed by atoms with Gasteiger partial charge in [-0.3, -0.25) is 0 Å². The van der Waals surface area contributed by atoms with Crippen LogP contribution in [-0.4, -0.2) is 9.55 Å². The number of hydrogen-bond donors (Lipinski definition) is 0. The molecule has 10 heavy (non-hydrogen) atoms. The second-order valence-corrected chi connectivity index (χ2v) is 1.80. The summed E-state index contributed by atoms with van der Waals surface area (Å²) in [6.07, 6.45) is 6.79. The van der Waals surface area contributed by atoms with Crippen molar-refractivity contribution in [2.24, 2.45) is 0 Å². The molecule has 1 aromatic heterocycles. The molecule has 0 aliphatic carbocycles. The Balaban J connectivity index is 0. The van der Waals surface area contributed by atoms with E-state index >= 15 is 0 Å². The first-order valence-corrected chi connectivity index (χ1v) is 2.89. The summed E-state index contributed by atoms with van der Waals surface area (Å²) in [5, 5.41) is 0. The van der Waals surface area contributed by atoms with Gasteiger partial charge in [-0.15, -0.1) is 0 Å². The maximum atomic E-state index is 3.90. The first-order valence-electron chi connectivity index (χ1n) is 2.89. The van der Waals surface area contributed by atoms with Crippen molar-refractivity contribution in [2.75, 3.05) is 0 Å². The van der Waals surface area contributed by atoms with Gasteiger partial charge in [0.1, 0.15) is 0 Å². The minimum absolute atomic E-state index is 0. The zero-order chi connectivity index (χ0) is 5.82. The smallest absolute Gasteiger partial charge is 0.0945 e. The van der Waals surface area contributed by atoms with Crippen molar-refractivity contribution < 1.29 is 23.3 Å². The molecular weight excluding hydrogens is 170 g/mol. The third kappa shape index (κ3) is 3.69. The minimum Gasteiger partial charge on any atom is -0.338 e. The summed E-state index contributed by atoms with van der Waals surface area (Å²) in [6, 6.07) is 0. The van der Waals surface area contributed by atoms with E-state index in [-0.39, 0.29) is 23.3 Å². The standard InChI is InChI=1S/C6H10N2.F.V/c1-2-4-8-5-3-7-6-8;;/h3,5-6H,2,4H2,1H3;;. The summed E-state index contributed by atoms with van der Waals surface area (Å²) in [7, 11) is 0. The summed E-state index contributed by atoms with van der Waals surface area (Å²) in [5.74, 6) is 0. The molecule has 0 saturated heterocycles. The molecule has 0 saturated carbocycles. The quantitative estimate of drug-likeness (QED) is 0.677. The van der Waals surface area contributed by atoms with Gasteiger partial charge in [-0.2, -0.15) is 0 Å². The Morgan fingerprint density at radius 2 is 2.20 bits per heavy atom. The molecule has 0 aliphatic rings. The van der Waals surface area contributed by atoms with Crippen molar-refractivity contribution in [2.45, 2.75) is 19.9 Å². The maximum Gasteiger partial charge on any atom is 0.0945 e. The second-order valence-electron chi connectivity index (χ2n) is 1.80. The van der Waals surface area contributed by atoms with Gasteiger partial charge in [-0.05, 0) is 6.42 Å². The number of hydrogen-bond acceptors (Lipinski definition) is 1. The molecule has 0 bridgehead atoms. The normalized spacial score (nSPS) is 7.70. The molecule has 1 aromatic rings. The molecule has 0 aromatic carbocycles. The van der Waals surface area contributed by atoms with Gasteiger partial charge in [0.2, 0.25) is 0 Å². The molecule has 1 rings (SSSR count). The van der Waals surface area contributed by atoms with Crippen LogP contribution >= 0.6 is 0 Å². The van der Waals surface area contributed by atoms with Crippen LogP contribution in [0.1, 0.15) is 13.3 Å². The van der Waals surface area contributed by atoms with Crippen LogP contribution < -0.4 is 0 Å². The molecule has 0 atom stereocenters. The number of halogens is 1. The van der Waals surface area contributed by atoms with Crippen molar-refractivity contribution in [3.8, 4) is 0 Å². The fourth-order valence-electron chi connectivity index (χ4n) is 0.677. The molecule has 0 spiro atoms. The van der Waals surface area contributed by atoms with E-state index in [1.807, 2.05) is 12.5 Å². The van der Waals surface area contributed by atoms with Crippen molar-refractivity contribution in [3.63, 3.8) is 0 Å². The van der Waals surface area contributed by atoms with Crippen LogP contribution in [0.5, 0.6) is 0 Å². The first kappa shape index (κ1) is 12.4. The van der Waals surface area contributed by atoms with Gasteiger partial charge in [0, 0.05) is 42.2 Å². The van der Waals surface area contributed by atoms with Crippen molar-refractivity contribution in [3.05, 3.63) is 18.7 Å². The molecule has 0 N–H and O–H groups in total. The summed E-state index contributed by atoms with van der Waals surface area (Å²) in [6.45, 7) is 3.24. The number of imidazole rings is 1. The van der Waals surface area contributed by atoms with Crippen molar-refractivity contribution in [1.82, 2.24) is 9.55 Å². The van der Waals surface area contributed by atoms with Crippen LogP contribution in [0.4, 0.5) is 4.70 Å². The van der Waals surface area contributed by atoms with Gasteiger partial charge in [-0.25, -0.2) is 4.98 Å². The van der Waals surface area contributed by atoms with Crippen LogP contribution in [0.2, 0.25) is 0 Å². The van der Waals surface area contributed by atoms with E-state index in [0.717, 1.165) is 6.54 Å². The molecule has 0 aliphatic heterocycles. The van der Waals surface area contributed by atoms with E-state index < -0.39 is 0 Å². The van der Waals surface area contributed by atoms with Crippen LogP contribution in [0.15, 0.2) is 18.7 Å². The minimum atomic E-state index is 0. The average molecular weight is 180 g/mol. The van der Waals surface area contributed by atoms with Crippen LogP contribution in [0, 0.1) is 0 Å². The molecule has 56 valence electrons. The Kier molecular flexibility index (Phi) is 8.48. The molecule has 0 amide bonds. The molecule has 2 radical (unpaired) electrons. The Morgan fingerprint density at radius 1 is 1.50 bits per heavy atom. The Hall–Kier alpha value is -0.276. The summed E-state index contributed by atoms with van der Waals surface area (Å²) < 4.78 is 2.07. The molecule has 2 nitrogen and oxygen atoms in total. The van der Waals surface area contributed by atoms with Gasteiger partial charge in [0.25, 0.3) is 0 Å². The zero-order valence-electron chi connectivity index (χ0n) is 5.87. The number of aromatic nitrogens is 2. The molecule has 4 heteroatoms. The SMILES string of the molecule is CCCn1ccnc1.[F].[V]. The first-order chi connectivity index (χ1) is 3.93. The van der Waals surface area contributed by atoms with E-state index in [1.54, 1.807) is 6.20 Å². The topological polar surface area (TPSA) is 17.8 Å². The summed E-state index contributed by atoms with van der Waals surface area (Å²) >= 11 is 0. The van der Waals surface area contributed by atoms with Gasteiger partial charge in [0.15, 0.2) is 0 Å². The van der Waals surface area contributed by atoms with Gasteiger partial charge >= 0.3 is 0 Å². The molecule has 0 unspecified atom stereocenters. The number of nitrogens with zero attached hydrogens (tertiary/aromatic N) is 2. The third-order valence-electron chi connectivity index (χ3n) is 1.04. The molecule has 1 heterocycles. The predicted molar refractivity (Wildman–Crippen MR) is 33.6 cm³/mol. The largest absolute Gasteiger partial charge is 0.338 e. The van der Waals surface area contributed by atoms with E-state index in [1.165, 1.54) is 6.42 Å². The number of rotatable bonds is 2. The monoisotopic (exact) mass is 180 g/mol. The van der Waals surface area contributed by atoms with Crippen molar-refractivity contribution in [1.29, 1.82) is 0 Å². The average Bonchev–Trinajstić information content (AvgIpc) is 2.19. The maximum absolute atomic E-state index is 3.90. The van der Waals surface area contributed by atoms with Crippen LogP contribution in [-0.2, 0) is 25.1 Å². The number of aryl methyl sites for hydroxylation is 1. The molecular formula is C6H10FN2V.